The predicted octanol–water partition coefficient (Wildman–Crippen LogP) is 9.46. The molecule has 2 amide bonds. The van der Waals surface area contributed by atoms with Gasteiger partial charge in [-0.25, -0.2) is 23.3 Å². The van der Waals surface area contributed by atoms with Crippen LogP contribution in [0.3, 0.4) is 0 Å². The van der Waals surface area contributed by atoms with E-state index in [0.717, 1.165) is 10.5 Å². The lowest BCUT2D eigenvalue weighted by atomic mass is 9.81. The second kappa shape index (κ2) is 17.1. The standard InChI is InChI=1S/C41H47F2N2O6PSi/c1-41(2,53(3,4)49)25-24-28(27-10-15-31(42)16-11-27)14-23-35(38(46)45-36(52)26-50-40(45)48)37(44-33-19-17-32(43)18-20-33)29-12-21-34(22-13-29)51-39(47)30-8-6-5-7-9-30/h5-13,15-22,28,35-37,44,49H,14,23-26,52H2,1-4H3/t28?,35?,36?,37-/m1/s1. The molecule has 1 saturated heterocycles. The molecule has 5 rings (SSSR count). The van der Waals surface area contributed by atoms with E-state index >= 15 is 0 Å². The molecule has 1 aliphatic heterocycles. The Hall–Kier alpha value is -4.44. The summed E-state index contributed by atoms with van der Waals surface area (Å²) in [6.07, 6.45) is 1.42. The molecule has 1 aliphatic rings. The highest BCUT2D eigenvalue weighted by atomic mass is 31.0. The number of imide groups is 1. The quantitative estimate of drug-likeness (QED) is 0.0539. The van der Waals surface area contributed by atoms with Crippen molar-refractivity contribution in [1.82, 2.24) is 4.90 Å². The van der Waals surface area contributed by atoms with Crippen LogP contribution in [0.1, 0.15) is 73.0 Å². The summed E-state index contributed by atoms with van der Waals surface area (Å²) < 4.78 is 38.9. The minimum absolute atomic E-state index is 0.0353. The van der Waals surface area contributed by atoms with Crippen molar-refractivity contribution < 1.29 is 37.4 Å². The number of hydrogen-bond acceptors (Lipinski definition) is 7. The van der Waals surface area contributed by atoms with E-state index in [2.05, 4.69) is 28.4 Å². The topological polar surface area (TPSA) is 105 Å². The molecule has 4 aromatic rings. The molecule has 0 aliphatic carbocycles. The Morgan fingerprint density at radius 2 is 1.49 bits per heavy atom. The lowest BCUT2D eigenvalue weighted by molar-refractivity contribution is -0.133. The normalized spacial score (nSPS) is 16.4. The van der Waals surface area contributed by atoms with E-state index < -0.39 is 49.8 Å². The van der Waals surface area contributed by atoms with Gasteiger partial charge in [0.05, 0.1) is 23.3 Å². The van der Waals surface area contributed by atoms with Crippen LogP contribution in [0.4, 0.5) is 19.3 Å². The van der Waals surface area contributed by atoms with Crippen LogP contribution in [-0.2, 0) is 9.53 Å². The zero-order chi connectivity index (χ0) is 38.3. The summed E-state index contributed by atoms with van der Waals surface area (Å²) in [4.78, 5) is 52.5. The minimum Gasteiger partial charge on any atom is -0.447 e. The minimum atomic E-state index is -2.54. The highest BCUT2D eigenvalue weighted by Crippen LogP contribution is 2.44. The average molecular weight is 761 g/mol. The molecule has 0 saturated carbocycles. The molecule has 1 fully saturated rings. The third-order valence-electron chi connectivity index (χ3n) is 10.4. The van der Waals surface area contributed by atoms with E-state index in [1.807, 2.05) is 13.1 Å². The highest BCUT2D eigenvalue weighted by molar-refractivity contribution is 7.17. The summed E-state index contributed by atoms with van der Waals surface area (Å²) >= 11 is 0. The summed E-state index contributed by atoms with van der Waals surface area (Å²) in [5.41, 5.74) is 2.51. The van der Waals surface area contributed by atoms with Gasteiger partial charge < -0.3 is 19.6 Å². The van der Waals surface area contributed by atoms with Gasteiger partial charge >= 0.3 is 12.1 Å². The van der Waals surface area contributed by atoms with E-state index in [-0.39, 0.29) is 23.4 Å². The molecular formula is C41H47F2N2O6PSi. The van der Waals surface area contributed by atoms with Crippen molar-refractivity contribution in [3.05, 3.63) is 131 Å². The summed E-state index contributed by atoms with van der Waals surface area (Å²) in [7, 11) is -0.0468. The van der Waals surface area contributed by atoms with Gasteiger partial charge in [-0.2, -0.15) is 0 Å². The van der Waals surface area contributed by atoms with Gasteiger partial charge in [0, 0.05) is 5.69 Å². The van der Waals surface area contributed by atoms with Gasteiger partial charge in [-0.3, -0.25) is 4.79 Å². The number of ether oxygens (including phenoxy) is 2. The number of hydrogen-bond donors (Lipinski definition) is 2. The fraction of sp³-hybridized carbons (Fsp3) is 0.341. The Morgan fingerprint density at radius 3 is 2.06 bits per heavy atom. The van der Waals surface area contributed by atoms with Gasteiger partial charge in [0.25, 0.3) is 0 Å². The van der Waals surface area contributed by atoms with E-state index in [1.165, 1.54) is 24.3 Å². The highest BCUT2D eigenvalue weighted by Gasteiger charge is 2.43. The largest absolute Gasteiger partial charge is 0.447 e. The maximum absolute atomic E-state index is 14.6. The number of cyclic esters (lactones) is 1. The number of carbonyl (C=O) groups excluding carboxylic acids is 3. The zero-order valence-corrected chi connectivity index (χ0v) is 32.6. The molecule has 53 heavy (non-hydrogen) atoms. The number of nitrogens with one attached hydrogen (secondary N) is 1. The van der Waals surface area contributed by atoms with Crippen molar-refractivity contribution in [2.24, 2.45) is 5.92 Å². The average Bonchev–Trinajstić information content (AvgIpc) is 3.47. The molecule has 12 heteroatoms. The zero-order valence-electron chi connectivity index (χ0n) is 30.4. The van der Waals surface area contributed by atoms with Gasteiger partial charge in [0.15, 0.2) is 8.32 Å². The van der Waals surface area contributed by atoms with Gasteiger partial charge in [-0.05, 0) is 122 Å². The molecule has 0 radical (unpaired) electrons. The van der Waals surface area contributed by atoms with E-state index in [4.69, 9.17) is 9.47 Å². The molecule has 5 atom stereocenters. The Kier molecular flexibility index (Phi) is 12.9. The van der Waals surface area contributed by atoms with Crippen molar-refractivity contribution in [2.45, 2.75) is 75.4 Å². The van der Waals surface area contributed by atoms with Crippen molar-refractivity contribution in [3.63, 3.8) is 0 Å². The number of anilines is 1. The van der Waals surface area contributed by atoms with Gasteiger partial charge in [-0.1, -0.05) is 56.3 Å². The second-order valence-electron chi connectivity index (χ2n) is 14.7. The first-order chi connectivity index (χ1) is 25.1. The Labute approximate surface area is 313 Å². The Balaban J connectivity index is 1.51. The van der Waals surface area contributed by atoms with E-state index in [9.17, 15) is 28.0 Å². The van der Waals surface area contributed by atoms with Crippen molar-refractivity contribution in [2.75, 3.05) is 11.9 Å². The van der Waals surface area contributed by atoms with Gasteiger partial charge in [0.1, 0.15) is 24.0 Å². The van der Waals surface area contributed by atoms with Gasteiger partial charge in [0.2, 0.25) is 5.91 Å². The summed E-state index contributed by atoms with van der Waals surface area (Å²) in [5.74, 6) is -2.97. The van der Waals surface area contributed by atoms with Crippen LogP contribution in [-0.4, -0.2) is 48.4 Å². The third kappa shape index (κ3) is 10.2. The summed E-state index contributed by atoms with van der Waals surface area (Å²) in [5, 5.41) is 3.12. The van der Waals surface area contributed by atoms with Crippen molar-refractivity contribution in [3.8, 4) is 5.75 Å². The molecule has 4 aromatic carbocycles. The van der Waals surface area contributed by atoms with Crippen LogP contribution in [0.25, 0.3) is 0 Å². The first-order valence-electron chi connectivity index (χ1n) is 17.8. The number of nitrogens with zero attached hydrogens (tertiary/aromatic N) is 1. The number of esters is 1. The molecule has 280 valence electrons. The molecule has 2 N–H and O–H groups in total. The van der Waals surface area contributed by atoms with Crippen LogP contribution in [0.15, 0.2) is 103 Å². The lowest BCUT2D eigenvalue weighted by Crippen LogP contribution is -2.43. The number of benzene rings is 4. The molecule has 4 unspecified atom stereocenters. The van der Waals surface area contributed by atoms with Gasteiger partial charge in [-0.15, -0.1) is 9.24 Å². The molecule has 1 heterocycles. The van der Waals surface area contributed by atoms with Crippen LogP contribution in [0.5, 0.6) is 5.75 Å². The summed E-state index contributed by atoms with van der Waals surface area (Å²) in [6.45, 7) is 8.00. The second-order valence-corrected chi connectivity index (χ2v) is 20.0. The molecular weight excluding hydrogens is 714 g/mol. The third-order valence-corrected chi connectivity index (χ3v) is 14.5. The number of carbonyl (C=O) groups is 3. The Morgan fingerprint density at radius 1 is 0.906 bits per heavy atom. The maximum Gasteiger partial charge on any atom is 0.417 e. The Bertz CT molecular complexity index is 1860. The van der Waals surface area contributed by atoms with Crippen LogP contribution >= 0.6 is 9.24 Å². The van der Waals surface area contributed by atoms with Crippen molar-refractivity contribution >= 4 is 41.2 Å². The molecule has 0 spiro atoms. The SMILES string of the molecule is CC(C)(CCC(CCC(C(=O)N1C(=O)OCC1P)[C@H](Nc1ccc(F)cc1)c1ccc(OC(=O)c2ccccc2)cc1)c1ccc(F)cc1)[Si](C)(C)O. The molecule has 8 nitrogen and oxygen atoms in total. The first-order valence-corrected chi connectivity index (χ1v) is 21.4. The smallest absolute Gasteiger partial charge is 0.417 e. The monoisotopic (exact) mass is 760 g/mol. The molecule has 0 bridgehead atoms. The van der Waals surface area contributed by atoms with Crippen molar-refractivity contribution in [1.29, 1.82) is 0 Å². The fourth-order valence-corrected chi connectivity index (χ4v) is 7.48. The number of rotatable bonds is 15. The number of amides is 2. The number of halogens is 2. The maximum atomic E-state index is 14.6. The summed E-state index contributed by atoms with van der Waals surface area (Å²) in [6, 6.07) is 26.8. The fourth-order valence-electron chi connectivity index (χ4n) is 6.36. The predicted molar refractivity (Wildman–Crippen MR) is 207 cm³/mol. The van der Waals surface area contributed by atoms with Crippen LogP contribution < -0.4 is 10.1 Å². The van der Waals surface area contributed by atoms with E-state index in [0.29, 0.717) is 48.2 Å². The van der Waals surface area contributed by atoms with E-state index in [1.54, 1.807) is 78.9 Å². The molecule has 0 aromatic heterocycles. The lowest BCUT2D eigenvalue weighted by Gasteiger charge is -2.37. The van der Waals surface area contributed by atoms with Crippen LogP contribution in [0.2, 0.25) is 18.1 Å². The first kappa shape index (κ1) is 39.8. The van der Waals surface area contributed by atoms with Crippen LogP contribution in [0, 0.1) is 17.6 Å².